The minimum Gasteiger partial charge on any atom is -0.457 e. The van der Waals surface area contributed by atoms with E-state index in [2.05, 4.69) is 5.32 Å². The van der Waals surface area contributed by atoms with Gasteiger partial charge in [0.15, 0.2) is 0 Å². The van der Waals surface area contributed by atoms with Gasteiger partial charge in [0.1, 0.15) is 11.5 Å². The van der Waals surface area contributed by atoms with Crippen LogP contribution in [0.5, 0.6) is 11.5 Å². The Morgan fingerprint density at radius 1 is 1.07 bits per heavy atom. The number of nitrogens with zero attached hydrogens (tertiary/aromatic N) is 2. The van der Waals surface area contributed by atoms with Gasteiger partial charge < -0.3 is 10.1 Å². The van der Waals surface area contributed by atoms with Crippen molar-refractivity contribution in [1.29, 1.82) is 5.26 Å². The van der Waals surface area contributed by atoms with Gasteiger partial charge in [-0.3, -0.25) is 14.9 Å². The Bertz CT molecular complexity index is 1090. The molecule has 1 amide bonds. The summed E-state index contributed by atoms with van der Waals surface area (Å²) in [7, 11) is 0. The SMILES string of the molecule is N#Cc1cccc(Oc2ccc(NC(=O)c3ccc([N+](=O)[O-])cc3Cl)cc2)c1. The number of ether oxygens (including phenoxy) is 1. The van der Waals surface area contributed by atoms with Crippen LogP contribution in [0.2, 0.25) is 5.02 Å². The molecule has 1 N–H and O–H groups in total. The summed E-state index contributed by atoms with van der Waals surface area (Å²) in [6.07, 6.45) is 0. The van der Waals surface area contributed by atoms with E-state index in [1.807, 2.05) is 6.07 Å². The highest BCUT2D eigenvalue weighted by atomic mass is 35.5. The summed E-state index contributed by atoms with van der Waals surface area (Å²) >= 11 is 5.97. The van der Waals surface area contributed by atoms with Gasteiger partial charge in [-0.1, -0.05) is 17.7 Å². The molecule has 3 aromatic rings. The standard InChI is InChI=1S/C20H12ClN3O4/c21-19-11-15(24(26)27)6-9-18(19)20(25)23-14-4-7-16(8-5-14)28-17-3-1-2-13(10-17)12-22/h1-11H,(H,23,25). The van der Waals surface area contributed by atoms with Crippen LogP contribution in [0, 0.1) is 21.4 Å². The first-order chi connectivity index (χ1) is 13.5. The highest BCUT2D eigenvalue weighted by molar-refractivity contribution is 6.34. The fourth-order valence-corrected chi connectivity index (χ4v) is 2.63. The number of halogens is 1. The molecule has 138 valence electrons. The molecular formula is C20H12ClN3O4. The molecule has 0 heterocycles. The second-order valence-electron chi connectivity index (χ2n) is 5.64. The molecule has 8 heteroatoms. The van der Waals surface area contributed by atoms with Gasteiger partial charge in [-0.2, -0.15) is 5.26 Å². The van der Waals surface area contributed by atoms with Gasteiger partial charge in [0.2, 0.25) is 0 Å². The van der Waals surface area contributed by atoms with E-state index < -0.39 is 10.8 Å². The summed E-state index contributed by atoms with van der Waals surface area (Å²) in [5, 5.41) is 22.3. The van der Waals surface area contributed by atoms with E-state index in [0.29, 0.717) is 22.7 Å². The molecule has 0 fully saturated rings. The van der Waals surface area contributed by atoms with Crippen LogP contribution in [0.25, 0.3) is 0 Å². The fraction of sp³-hybridized carbons (Fsp3) is 0. The van der Waals surface area contributed by atoms with E-state index in [1.54, 1.807) is 48.5 Å². The van der Waals surface area contributed by atoms with E-state index in [4.69, 9.17) is 21.6 Å². The van der Waals surface area contributed by atoms with Gasteiger partial charge >= 0.3 is 0 Å². The van der Waals surface area contributed by atoms with Crippen LogP contribution >= 0.6 is 11.6 Å². The Morgan fingerprint density at radius 2 is 1.82 bits per heavy atom. The predicted octanol–water partition coefficient (Wildman–Crippen LogP) is 5.16. The molecule has 0 aromatic heterocycles. The zero-order chi connectivity index (χ0) is 20.1. The molecular weight excluding hydrogens is 382 g/mol. The van der Waals surface area contributed by atoms with Gasteiger partial charge in [-0.15, -0.1) is 0 Å². The largest absolute Gasteiger partial charge is 0.457 e. The molecule has 0 radical (unpaired) electrons. The number of rotatable bonds is 5. The van der Waals surface area contributed by atoms with Gasteiger partial charge in [0.05, 0.1) is 27.1 Å². The molecule has 0 aliphatic rings. The molecule has 0 saturated carbocycles. The number of amides is 1. The average molecular weight is 394 g/mol. The van der Waals surface area contributed by atoms with Gasteiger partial charge in [0, 0.05) is 17.8 Å². The van der Waals surface area contributed by atoms with Crippen molar-refractivity contribution < 1.29 is 14.5 Å². The number of nitriles is 1. The Balaban J connectivity index is 1.69. The molecule has 0 atom stereocenters. The second kappa shape index (κ2) is 8.20. The third-order valence-electron chi connectivity index (χ3n) is 3.72. The number of nitro benzene ring substituents is 1. The van der Waals surface area contributed by atoms with Crippen molar-refractivity contribution in [3.05, 3.63) is 93.0 Å². The maximum atomic E-state index is 12.3. The van der Waals surface area contributed by atoms with E-state index in [1.165, 1.54) is 12.1 Å². The number of benzene rings is 3. The molecule has 0 bridgehead atoms. The van der Waals surface area contributed by atoms with Crippen LogP contribution in [-0.2, 0) is 0 Å². The zero-order valence-corrected chi connectivity index (χ0v) is 15.0. The first-order valence-electron chi connectivity index (χ1n) is 7.99. The molecule has 3 aromatic carbocycles. The van der Waals surface area contributed by atoms with Crippen LogP contribution in [0.3, 0.4) is 0 Å². The first kappa shape index (κ1) is 18.9. The average Bonchev–Trinajstić information content (AvgIpc) is 2.69. The van der Waals surface area contributed by atoms with Crippen molar-refractivity contribution in [2.24, 2.45) is 0 Å². The van der Waals surface area contributed by atoms with E-state index in [0.717, 1.165) is 6.07 Å². The maximum Gasteiger partial charge on any atom is 0.270 e. The number of anilines is 1. The zero-order valence-electron chi connectivity index (χ0n) is 14.3. The monoisotopic (exact) mass is 393 g/mol. The van der Waals surface area contributed by atoms with Crippen molar-refractivity contribution >= 4 is 28.9 Å². The van der Waals surface area contributed by atoms with Crippen molar-refractivity contribution in [2.75, 3.05) is 5.32 Å². The highest BCUT2D eigenvalue weighted by Gasteiger charge is 2.15. The summed E-state index contributed by atoms with van der Waals surface area (Å²) in [5.41, 5.74) is 0.920. The number of carbonyl (C=O) groups excluding carboxylic acids is 1. The molecule has 0 saturated heterocycles. The van der Waals surface area contributed by atoms with Crippen LogP contribution in [-0.4, -0.2) is 10.8 Å². The topological polar surface area (TPSA) is 105 Å². The van der Waals surface area contributed by atoms with Crippen molar-refractivity contribution in [2.45, 2.75) is 0 Å². The maximum absolute atomic E-state index is 12.3. The van der Waals surface area contributed by atoms with E-state index in [9.17, 15) is 14.9 Å². The van der Waals surface area contributed by atoms with Crippen LogP contribution in [0.15, 0.2) is 66.7 Å². The smallest absolute Gasteiger partial charge is 0.270 e. The fourth-order valence-electron chi connectivity index (χ4n) is 2.37. The lowest BCUT2D eigenvalue weighted by Gasteiger charge is -2.09. The minimum atomic E-state index is -0.585. The van der Waals surface area contributed by atoms with Gasteiger partial charge in [0.25, 0.3) is 11.6 Å². The van der Waals surface area contributed by atoms with E-state index in [-0.39, 0.29) is 16.3 Å². The molecule has 3 rings (SSSR count). The lowest BCUT2D eigenvalue weighted by molar-refractivity contribution is -0.384. The molecule has 7 nitrogen and oxygen atoms in total. The van der Waals surface area contributed by atoms with Crippen molar-refractivity contribution in [3.63, 3.8) is 0 Å². The van der Waals surface area contributed by atoms with E-state index >= 15 is 0 Å². The lowest BCUT2D eigenvalue weighted by atomic mass is 10.2. The first-order valence-corrected chi connectivity index (χ1v) is 8.37. The Kier molecular flexibility index (Phi) is 5.53. The molecule has 0 aliphatic carbocycles. The number of nitrogens with one attached hydrogen (secondary N) is 1. The predicted molar refractivity (Wildman–Crippen MR) is 104 cm³/mol. The molecule has 0 unspecified atom stereocenters. The molecule has 0 aliphatic heterocycles. The number of hydrogen-bond acceptors (Lipinski definition) is 5. The van der Waals surface area contributed by atoms with Crippen molar-refractivity contribution in [1.82, 2.24) is 0 Å². The third-order valence-corrected chi connectivity index (χ3v) is 4.03. The highest BCUT2D eigenvalue weighted by Crippen LogP contribution is 2.26. The summed E-state index contributed by atoms with van der Waals surface area (Å²) in [6.45, 7) is 0. The van der Waals surface area contributed by atoms with Gasteiger partial charge in [-0.05, 0) is 48.5 Å². The Hall–Kier alpha value is -3.89. The third kappa shape index (κ3) is 4.44. The number of carbonyl (C=O) groups is 1. The van der Waals surface area contributed by atoms with Crippen LogP contribution in [0.4, 0.5) is 11.4 Å². The minimum absolute atomic E-state index is 0.0102. The normalized spacial score (nSPS) is 10.0. The quantitative estimate of drug-likeness (QED) is 0.475. The Labute approximate surface area is 164 Å². The summed E-state index contributed by atoms with van der Waals surface area (Å²) < 4.78 is 5.67. The molecule has 28 heavy (non-hydrogen) atoms. The van der Waals surface area contributed by atoms with Gasteiger partial charge in [-0.25, -0.2) is 0 Å². The Morgan fingerprint density at radius 3 is 2.46 bits per heavy atom. The summed E-state index contributed by atoms with van der Waals surface area (Å²) in [4.78, 5) is 22.5. The van der Waals surface area contributed by atoms with Crippen molar-refractivity contribution in [3.8, 4) is 17.6 Å². The lowest BCUT2D eigenvalue weighted by Crippen LogP contribution is -2.12. The number of non-ortho nitro benzene ring substituents is 1. The number of hydrogen-bond donors (Lipinski definition) is 1. The van der Waals surface area contributed by atoms with Crippen LogP contribution < -0.4 is 10.1 Å². The number of nitro groups is 1. The second-order valence-corrected chi connectivity index (χ2v) is 6.05. The molecule has 0 spiro atoms. The summed E-state index contributed by atoms with van der Waals surface area (Å²) in [5.74, 6) is 0.560. The summed E-state index contributed by atoms with van der Waals surface area (Å²) in [6, 6.07) is 19.0. The van der Waals surface area contributed by atoms with Crippen LogP contribution in [0.1, 0.15) is 15.9 Å².